The standard InChI is InChI=1S/C16H11ClFNO/c1-9-4-10(6-12(18)5-9)16(20)14-8-19-15-7-11(17)2-3-13(14)15/h2-8,19H,1H3. The highest BCUT2D eigenvalue weighted by molar-refractivity contribution is 6.31. The summed E-state index contributed by atoms with van der Waals surface area (Å²) in [5.74, 6) is -0.614. The number of carbonyl (C=O) groups excluding carboxylic acids is 1. The van der Waals surface area contributed by atoms with Crippen molar-refractivity contribution in [1.29, 1.82) is 0 Å². The minimum atomic E-state index is -0.406. The van der Waals surface area contributed by atoms with Crippen LogP contribution in [-0.2, 0) is 0 Å². The monoisotopic (exact) mass is 287 g/mol. The maximum atomic E-state index is 13.4. The second-order valence-electron chi connectivity index (χ2n) is 4.74. The highest BCUT2D eigenvalue weighted by Gasteiger charge is 2.15. The van der Waals surface area contributed by atoms with Crippen molar-refractivity contribution in [3.63, 3.8) is 0 Å². The molecule has 1 heterocycles. The van der Waals surface area contributed by atoms with Crippen LogP contribution >= 0.6 is 11.6 Å². The van der Waals surface area contributed by atoms with E-state index in [-0.39, 0.29) is 5.78 Å². The van der Waals surface area contributed by atoms with E-state index in [1.54, 1.807) is 37.4 Å². The number of aryl methyl sites for hydroxylation is 1. The van der Waals surface area contributed by atoms with Gasteiger partial charge in [0.15, 0.2) is 5.78 Å². The fourth-order valence-corrected chi connectivity index (χ4v) is 2.48. The van der Waals surface area contributed by atoms with Gasteiger partial charge in [0.1, 0.15) is 5.82 Å². The summed E-state index contributed by atoms with van der Waals surface area (Å²) in [6, 6.07) is 9.60. The van der Waals surface area contributed by atoms with Crippen LogP contribution in [0, 0.1) is 12.7 Å². The normalized spacial score (nSPS) is 10.9. The maximum Gasteiger partial charge on any atom is 0.195 e. The first-order valence-corrected chi connectivity index (χ1v) is 6.51. The largest absolute Gasteiger partial charge is 0.360 e. The van der Waals surface area contributed by atoms with Gasteiger partial charge in [-0.15, -0.1) is 0 Å². The lowest BCUT2D eigenvalue weighted by molar-refractivity contribution is 0.104. The first-order chi connectivity index (χ1) is 9.54. The minimum absolute atomic E-state index is 0.207. The van der Waals surface area contributed by atoms with Crippen LogP contribution in [0.4, 0.5) is 4.39 Å². The van der Waals surface area contributed by atoms with Crippen molar-refractivity contribution in [3.8, 4) is 0 Å². The Hall–Kier alpha value is -2.13. The number of aromatic nitrogens is 1. The van der Waals surface area contributed by atoms with Gasteiger partial charge < -0.3 is 4.98 Å². The summed E-state index contributed by atoms with van der Waals surface area (Å²) in [6.07, 6.45) is 1.63. The average molecular weight is 288 g/mol. The highest BCUT2D eigenvalue weighted by atomic mass is 35.5. The summed E-state index contributed by atoms with van der Waals surface area (Å²) in [4.78, 5) is 15.5. The molecule has 0 aliphatic heterocycles. The number of halogens is 2. The fraction of sp³-hybridized carbons (Fsp3) is 0.0625. The quantitative estimate of drug-likeness (QED) is 0.692. The van der Waals surface area contributed by atoms with Crippen LogP contribution in [0.1, 0.15) is 21.5 Å². The molecule has 0 unspecified atom stereocenters. The Morgan fingerprint density at radius 1 is 1.20 bits per heavy atom. The van der Waals surface area contributed by atoms with E-state index in [9.17, 15) is 9.18 Å². The zero-order chi connectivity index (χ0) is 14.3. The van der Waals surface area contributed by atoms with Gasteiger partial charge in [-0.2, -0.15) is 0 Å². The van der Waals surface area contributed by atoms with Gasteiger partial charge in [0, 0.05) is 33.2 Å². The van der Waals surface area contributed by atoms with Gasteiger partial charge in [0.2, 0.25) is 0 Å². The lowest BCUT2D eigenvalue weighted by Gasteiger charge is -2.02. The summed E-state index contributed by atoms with van der Waals surface area (Å²) >= 11 is 5.91. The van der Waals surface area contributed by atoms with Gasteiger partial charge >= 0.3 is 0 Å². The molecule has 20 heavy (non-hydrogen) atoms. The molecule has 1 aromatic heterocycles. The molecule has 4 heteroatoms. The van der Waals surface area contributed by atoms with Crippen molar-refractivity contribution in [3.05, 3.63) is 70.1 Å². The van der Waals surface area contributed by atoms with Crippen LogP contribution in [0.2, 0.25) is 5.02 Å². The van der Waals surface area contributed by atoms with Crippen molar-refractivity contribution >= 4 is 28.3 Å². The van der Waals surface area contributed by atoms with Crippen LogP contribution in [0.5, 0.6) is 0 Å². The molecular weight excluding hydrogens is 277 g/mol. The van der Waals surface area contributed by atoms with Gasteiger partial charge in [0.25, 0.3) is 0 Å². The van der Waals surface area contributed by atoms with E-state index in [4.69, 9.17) is 11.6 Å². The van der Waals surface area contributed by atoms with Crippen LogP contribution in [-0.4, -0.2) is 10.8 Å². The number of hydrogen-bond acceptors (Lipinski definition) is 1. The number of H-pyrrole nitrogens is 1. The lowest BCUT2D eigenvalue weighted by Crippen LogP contribution is -2.01. The molecule has 3 aromatic rings. The number of hydrogen-bond donors (Lipinski definition) is 1. The summed E-state index contributed by atoms with van der Waals surface area (Å²) in [7, 11) is 0. The van der Waals surface area contributed by atoms with E-state index < -0.39 is 5.82 Å². The van der Waals surface area contributed by atoms with E-state index in [0.29, 0.717) is 16.1 Å². The number of benzene rings is 2. The van der Waals surface area contributed by atoms with E-state index >= 15 is 0 Å². The van der Waals surface area contributed by atoms with Crippen molar-refractivity contribution < 1.29 is 9.18 Å². The molecule has 0 saturated heterocycles. The molecule has 100 valence electrons. The second kappa shape index (κ2) is 4.76. The van der Waals surface area contributed by atoms with Crippen molar-refractivity contribution in [2.24, 2.45) is 0 Å². The molecule has 2 aromatic carbocycles. The molecule has 0 radical (unpaired) electrons. The Balaban J connectivity index is 2.12. The zero-order valence-corrected chi connectivity index (χ0v) is 11.5. The average Bonchev–Trinajstić information content (AvgIpc) is 2.79. The van der Waals surface area contributed by atoms with Gasteiger partial charge in [-0.3, -0.25) is 4.79 Å². The van der Waals surface area contributed by atoms with Crippen LogP contribution in [0.25, 0.3) is 10.9 Å². The van der Waals surface area contributed by atoms with Gasteiger partial charge in [-0.1, -0.05) is 17.7 Å². The second-order valence-corrected chi connectivity index (χ2v) is 5.18. The topological polar surface area (TPSA) is 32.9 Å². The number of carbonyl (C=O) groups is 1. The Morgan fingerprint density at radius 2 is 2.00 bits per heavy atom. The smallest absolute Gasteiger partial charge is 0.195 e. The molecule has 2 nitrogen and oxygen atoms in total. The van der Waals surface area contributed by atoms with E-state index in [1.165, 1.54) is 12.1 Å². The van der Waals surface area contributed by atoms with Crippen LogP contribution in [0.15, 0.2) is 42.6 Å². The Morgan fingerprint density at radius 3 is 2.75 bits per heavy atom. The summed E-state index contributed by atoms with van der Waals surface area (Å²) < 4.78 is 13.4. The Bertz CT molecular complexity index is 802. The molecule has 0 fully saturated rings. The molecule has 0 amide bonds. The van der Waals surface area contributed by atoms with Crippen molar-refractivity contribution in [2.75, 3.05) is 0 Å². The molecule has 0 aliphatic carbocycles. The summed E-state index contributed by atoms with van der Waals surface area (Å²) in [5.41, 5.74) is 2.37. The Kier molecular flexibility index (Phi) is 3.07. The third kappa shape index (κ3) is 2.21. The maximum absolute atomic E-state index is 13.4. The summed E-state index contributed by atoms with van der Waals surface area (Å²) in [5, 5.41) is 1.38. The third-order valence-electron chi connectivity index (χ3n) is 3.19. The molecule has 1 N–H and O–H groups in total. The van der Waals surface area contributed by atoms with E-state index in [1.807, 2.05) is 0 Å². The predicted octanol–water partition coefficient (Wildman–Crippen LogP) is 4.50. The molecule has 0 bridgehead atoms. The number of rotatable bonds is 2. The van der Waals surface area contributed by atoms with E-state index in [2.05, 4.69) is 4.98 Å². The SMILES string of the molecule is Cc1cc(F)cc(C(=O)c2c[nH]c3cc(Cl)ccc23)c1. The Labute approximate surface area is 120 Å². The molecule has 0 aliphatic rings. The fourth-order valence-electron chi connectivity index (χ4n) is 2.31. The predicted molar refractivity (Wildman–Crippen MR) is 77.9 cm³/mol. The molecule has 0 saturated carbocycles. The van der Waals surface area contributed by atoms with Gasteiger partial charge in [-0.05, 0) is 42.8 Å². The first kappa shape index (κ1) is 12.9. The highest BCUT2D eigenvalue weighted by Crippen LogP contribution is 2.24. The number of nitrogens with one attached hydrogen (secondary N) is 1. The number of fused-ring (bicyclic) bond motifs is 1. The number of ketones is 1. The minimum Gasteiger partial charge on any atom is -0.360 e. The molecule has 3 rings (SSSR count). The third-order valence-corrected chi connectivity index (χ3v) is 3.43. The van der Waals surface area contributed by atoms with Crippen LogP contribution in [0.3, 0.4) is 0 Å². The zero-order valence-electron chi connectivity index (χ0n) is 10.7. The van der Waals surface area contributed by atoms with Gasteiger partial charge in [0.05, 0.1) is 0 Å². The molecule has 0 spiro atoms. The lowest BCUT2D eigenvalue weighted by atomic mass is 10.0. The molecule has 0 atom stereocenters. The number of aromatic amines is 1. The van der Waals surface area contributed by atoms with Gasteiger partial charge in [-0.25, -0.2) is 4.39 Å². The molecular formula is C16H11ClFNO. The van der Waals surface area contributed by atoms with Crippen molar-refractivity contribution in [2.45, 2.75) is 6.92 Å². The van der Waals surface area contributed by atoms with Crippen molar-refractivity contribution in [1.82, 2.24) is 4.98 Å². The first-order valence-electron chi connectivity index (χ1n) is 6.13. The summed E-state index contributed by atoms with van der Waals surface area (Å²) in [6.45, 7) is 1.76. The van der Waals surface area contributed by atoms with E-state index in [0.717, 1.165) is 16.5 Å². The van der Waals surface area contributed by atoms with Crippen LogP contribution < -0.4 is 0 Å².